The molecule has 1 saturated heterocycles. The summed E-state index contributed by atoms with van der Waals surface area (Å²) < 4.78 is 29.1. The number of piperidine rings is 1. The van der Waals surface area contributed by atoms with Crippen LogP contribution in [0.4, 0.5) is 0 Å². The lowest BCUT2D eigenvalue weighted by atomic mass is 9.99. The van der Waals surface area contributed by atoms with Gasteiger partial charge < -0.3 is 5.73 Å². The van der Waals surface area contributed by atoms with Crippen LogP contribution < -0.4 is 10.5 Å². The average Bonchev–Trinajstić information content (AvgIpc) is 2.75. The van der Waals surface area contributed by atoms with Crippen molar-refractivity contribution >= 4 is 10.2 Å². The molecule has 1 aliphatic carbocycles. The van der Waals surface area contributed by atoms with Crippen molar-refractivity contribution in [1.82, 2.24) is 9.03 Å². The van der Waals surface area contributed by atoms with E-state index in [1.165, 1.54) is 0 Å². The Bertz CT molecular complexity index is 369. The van der Waals surface area contributed by atoms with E-state index in [0.717, 1.165) is 38.5 Å². The fraction of sp³-hybridized carbons (Fsp3) is 1.00. The summed E-state index contributed by atoms with van der Waals surface area (Å²) in [5, 5.41) is 0. The Morgan fingerprint density at radius 1 is 1.28 bits per heavy atom. The van der Waals surface area contributed by atoms with Gasteiger partial charge in [0.2, 0.25) is 0 Å². The van der Waals surface area contributed by atoms with Crippen LogP contribution in [0.1, 0.15) is 45.4 Å². The second-order valence-corrected chi connectivity index (χ2v) is 7.62. The summed E-state index contributed by atoms with van der Waals surface area (Å²) >= 11 is 0. The van der Waals surface area contributed by atoms with E-state index in [9.17, 15) is 8.42 Å². The first-order valence-corrected chi connectivity index (χ1v) is 8.38. The average molecular weight is 275 g/mol. The molecule has 1 heterocycles. The fourth-order valence-corrected chi connectivity index (χ4v) is 4.67. The fourth-order valence-electron chi connectivity index (χ4n) is 3.02. The van der Waals surface area contributed by atoms with Gasteiger partial charge in [0.1, 0.15) is 0 Å². The van der Waals surface area contributed by atoms with Crippen LogP contribution in [0.3, 0.4) is 0 Å². The van der Waals surface area contributed by atoms with E-state index < -0.39 is 10.2 Å². The molecule has 2 aliphatic rings. The molecule has 5 nitrogen and oxygen atoms in total. The molecule has 0 aromatic carbocycles. The third kappa shape index (κ3) is 3.23. The van der Waals surface area contributed by atoms with E-state index in [2.05, 4.69) is 4.72 Å². The monoisotopic (exact) mass is 275 g/mol. The molecule has 2 fully saturated rings. The normalized spacial score (nSPS) is 26.6. The summed E-state index contributed by atoms with van der Waals surface area (Å²) in [6, 6.07) is 0. The largest absolute Gasteiger partial charge is 0.330 e. The smallest absolute Gasteiger partial charge is 0.279 e. The van der Waals surface area contributed by atoms with E-state index >= 15 is 0 Å². The molecular weight excluding hydrogens is 250 g/mol. The highest BCUT2D eigenvalue weighted by atomic mass is 32.2. The van der Waals surface area contributed by atoms with Crippen molar-refractivity contribution < 1.29 is 8.42 Å². The molecule has 6 heteroatoms. The minimum absolute atomic E-state index is 0.233. The van der Waals surface area contributed by atoms with E-state index in [1.54, 1.807) is 4.31 Å². The van der Waals surface area contributed by atoms with Gasteiger partial charge in [-0.25, -0.2) is 0 Å². The van der Waals surface area contributed by atoms with Crippen molar-refractivity contribution in [2.45, 2.75) is 51.0 Å². The first-order valence-electron chi connectivity index (χ1n) is 6.94. The van der Waals surface area contributed by atoms with Crippen LogP contribution in [-0.2, 0) is 10.2 Å². The maximum atomic E-state index is 12.3. The van der Waals surface area contributed by atoms with Gasteiger partial charge in [0.25, 0.3) is 10.2 Å². The van der Waals surface area contributed by atoms with Gasteiger partial charge in [0, 0.05) is 18.6 Å². The van der Waals surface area contributed by atoms with Crippen molar-refractivity contribution in [3.8, 4) is 0 Å². The second-order valence-electron chi connectivity index (χ2n) is 5.95. The Labute approximate surface area is 110 Å². The van der Waals surface area contributed by atoms with Crippen LogP contribution in [0.25, 0.3) is 0 Å². The summed E-state index contributed by atoms with van der Waals surface area (Å²) in [6.45, 7) is 3.89. The number of nitrogens with two attached hydrogens (primary N) is 1. The molecule has 106 valence electrons. The van der Waals surface area contributed by atoms with Crippen LogP contribution >= 0.6 is 0 Å². The Morgan fingerprint density at radius 2 is 1.83 bits per heavy atom. The van der Waals surface area contributed by atoms with Crippen LogP contribution in [-0.4, -0.2) is 37.9 Å². The highest BCUT2D eigenvalue weighted by molar-refractivity contribution is 7.87. The van der Waals surface area contributed by atoms with Crippen LogP contribution in [0.5, 0.6) is 0 Å². The molecule has 0 aromatic rings. The van der Waals surface area contributed by atoms with Crippen molar-refractivity contribution in [3.05, 3.63) is 0 Å². The van der Waals surface area contributed by atoms with E-state index in [0.29, 0.717) is 25.6 Å². The molecule has 18 heavy (non-hydrogen) atoms. The Hall–Kier alpha value is -0.170. The summed E-state index contributed by atoms with van der Waals surface area (Å²) in [5.74, 6) is 0.485. The minimum Gasteiger partial charge on any atom is -0.330 e. The van der Waals surface area contributed by atoms with Gasteiger partial charge in [0.15, 0.2) is 0 Å². The predicted octanol–water partition coefficient (Wildman–Crippen LogP) is 0.824. The zero-order valence-corrected chi connectivity index (χ0v) is 12.0. The molecule has 3 N–H and O–H groups in total. The molecule has 0 unspecified atom stereocenters. The molecule has 1 saturated carbocycles. The van der Waals surface area contributed by atoms with Gasteiger partial charge in [-0.15, -0.1) is 0 Å². The molecule has 0 amide bonds. The Kier molecular flexibility index (Phi) is 4.31. The van der Waals surface area contributed by atoms with Gasteiger partial charge in [-0.2, -0.15) is 17.4 Å². The number of hydrogen-bond donors (Lipinski definition) is 2. The molecular formula is C12H25N3O2S. The van der Waals surface area contributed by atoms with E-state index in [4.69, 9.17) is 5.73 Å². The number of hydrogen-bond acceptors (Lipinski definition) is 3. The summed E-state index contributed by atoms with van der Waals surface area (Å²) in [6.07, 6.45) is 5.90. The minimum atomic E-state index is -3.31. The Morgan fingerprint density at radius 3 is 2.33 bits per heavy atom. The van der Waals surface area contributed by atoms with Gasteiger partial charge >= 0.3 is 0 Å². The van der Waals surface area contributed by atoms with Crippen LogP contribution in [0.15, 0.2) is 0 Å². The lowest BCUT2D eigenvalue weighted by Crippen LogP contribution is -2.52. The highest BCUT2D eigenvalue weighted by Gasteiger charge is 2.36. The standard InChI is InChI=1S/C12H25N3O2S/c1-12(6-2-3-7-12)14-18(16,17)15-8-4-11(10-13)5-9-15/h11,14H,2-10,13H2,1H3. The highest BCUT2D eigenvalue weighted by Crippen LogP contribution is 2.30. The summed E-state index contributed by atoms with van der Waals surface area (Å²) in [5.41, 5.74) is 5.39. The number of nitrogens with one attached hydrogen (secondary N) is 1. The van der Waals surface area contributed by atoms with Crippen molar-refractivity contribution in [2.75, 3.05) is 19.6 Å². The SMILES string of the molecule is CC1(NS(=O)(=O)N2CCC(CN)CC2)CCCC1. The zero-order valence-electron chi connectivity index (χ0n) is 11.2. The molecule has 0 aromatic heterocycles. The van der Waals surface area contributed by atoms with Crippen molar-refractivity contribution in [2.24, 2.45) is 11.7 Å². The van der Waals surface area contributed by atoms with Crippen LogP contribution in [0.2, 0.25) is 0 Å². The summed E-state index contributed by atoms with van der Waals surface area (Å²) in [4.78, 5) is 0. The molecule has 0 radical (unpaired) electrons. The molecule has 1 aliphatic heterocycles. The Balaban J connectivity index is 1.95. The molecule has 0 atom stereocenters. The van der Waals surface area contributed by atoms with Gasteiger partial charge in [-0.3, -0.25) is 0 Å². The van der Waals surface area contributed by atoms with Crippen LogP contribution in [0, 0.1) is 5.92 Å². The summed E-state index contributed by atoms with van der Waals surface area (Å²) in [7, 11) is -3.31. The quantitative estimate of drug-likeness (QED) is 0.798. The topological polar surface area (TPSA) is 75.4 Å². The third-order valence-corrected chi connectivity index (χ3v) is 6.12. The van der Waals surface area contributed by atoms with Crippen molar-refractivity contribution in [3.63, 3.8) is 0 Å². The second kappa shape index (κ2) is 5.45. The number of rotatable bonds is 4. The predicted molar refractivity (Wildman–Crippen MR) is 72.3 cm³/mol. The first kappa shape index (κ1) is 14.2. The lowest BCUT2D eigenvalue weighted by Gasteiger charge is -2.34. The van der Waals surface area contributed by atoms with E-state index in [1.807, 2.05) is 6.92 Å². The van der Waals surface area contributed by atoms with E-state index in [-0.39, 0.29) is 5.54 Å². The maximum Gasteiger partial charge on any atom is 0.279 e. The third-order valence-electron chi connectivity index (χ3n) is 4.33. The van der Waals surface area contributed by atoms with Gasteiger partial charge in [0.05, 0.1) is 0 Å². The lowest BCUT2D eigenvalue weighted by molar-refractivity contribution is 0.270. The number of nitrogens with zero attached hydrogens (tertiary/aromatic N) is 1. The maximum absolute atomic E-state index is 12.3. The van der Waals surface area contributed by atoms with Crippen molar-refractivity contribution in [1.29, 1.82) is 0 Å². The van der Waals surface area contributed by atoms with Gasteiger partial charge in [-0.1, -0.05) is 12.8 Å². The molecule has 0 bridgehead atoms. The van der Waals surface area contributed by atoms with Gasteiger partial charge in [-0.05, 0) is 45.1 Å². The zero-order chi connectivity index (χ0) is 13.2. The first-order chi connectivity index (χ1) is 8.45. The molecule has 0 spiro atoms. The molecule has 2 rings (SSSR count).